The summed E-state index contributed by atoms with van der Waals surface area (Å²) < 4.78 is 12.2. The lowest BCUT2D eigenvalue weighted by Gasteiger charge is -2.05. The van der Waals surface area contributed by atoms with Gasteiger partial charge >= 0.3 is 0 Å². The van der Waals surface area contributed by atoms with Crippen molar-refractivity contribution < 1.29 is 9.26 Å². The van der Waals surface area contributed by atoms with Crippen molar-refractivity contribution in [2.75, 3.05) is 7.11 Å². The molecule has 0 saturated heterocycles. The first kappa shape index (κ1) is 18.5. The molecule has 0 unspecified atom stereocenters. The van der Waals surface area contributed by atoms with Crippen molar-refractivity contribution in [3.63, 3.8) is 0 Å². The van der Waals surface area contributed by atoms with E-state index in [1.165, 1.54) is 11.8 Å². The monoisotopic (exact) mass is 414 g/mol. The lowest BCUT2D eigenvalue weighted by Crippen LogP contribution is -2.04. The average molecular weight is 415 g/mol. The number of halogens is 1. The van der Waals surface area contributed by atoms with Crippen molar-refractivity contribution in [1.29, 1.82) is 0 Å². The number of hydrogen-bond donors (Lipinski definition) is 0. The Bertz CT molecular complexity index is 1070. The molecule has 0 amide bonds. The molecule has 0 N–H and O–H groups in total. The largest absolute Gasteiger partial charge is 0.497 e. The highest BCUT2D eigenvalue weighted by molar-refractivity contribution is 7.98. The highest BCUT2D eigenvalue weighted by atomic mass is 35.5. The molecule has 0 bridgehead atoms. The summed E-state index contributed by atoms with van der Waals surface area (Å²) in [5, 5.41) is 17.2. The Morgan fingerprint density at radius 3 is 2.82 bits per heavy atom. The Morgan fingerprint density at radius 2 is 2.04 bits per heavy atom. The zero-order chi connectivity index (χ0) is 19.3. The number of nitrogens with zero attached hydrogens (tertiary/aromatic N) is 6. The van der Waals surface area contributed by atoms with E-state index in [0.29, 0.717) is 34.2 Å². The normalized spacial score (nSPS) is 10.9. The van der Waals surface area contributed by atoms with E-state index in [1.54, 1.807) is 23.9 Å². The van der Waals surface area contributed by atoms with Gasteiger partial charge in [-0.3, -0.25) is 0 Å². The van der Waals surface area contributed by atoms with E-state index >= 15 is 0 Å². The zero-order valence-electron chi connectivity index (χ0n) is 14.8. The van der Waals surface area contributed by atoms with Crippen LogP contribution in [-0.2, 0) is 12.3 Å². The summed E-state index contributed by atoms with van der Waals surface area (Å²) in [5.74, 6) is 2.24. The maximum atomic E-state index is 6.01. The number of aromatic nitrogens is 6. The molecule has 4 rings (SSSR count). The number of hydrogen-bond acceptors (Lipinski definition) is 8. The van der Waals surface area contributed by atoms with Crippen molar-refractivity contribution in [1.82, 2.24) is 30.3 Å². The zero-order valence-corrected chi connectivity index (χ0v) is 16.4. The van der Waals surface area contributed by atoms with E-state index in [-0.39, 0.29) is 0 Å². The van der Waals surface area contributed by atoms with Crippen LogP contribution in [0.5, 0.6) is 5.75 Å². The molecule has 2 aromatic carbocycles. The third-order valence-corrected chi connectivity index (χ3v) is 5.04. The Labute approximate surface area is 169 Å². The number of methoxy groups -OCH3 is 1. The van der Waals surface area contributed by atoms with Gasteiger partial charge in [-0.15, -0.1) is 5.10 Å². The van der Waals surface area contributed by atoms with Crippen LogP contribution in [0.3, 0.4) is 0 Å². The molecule has 2 heterocycles. The van der Waals surface area contributed by atoms with Crippen LogP contribution in [-0.4, -0.2) is 37.5 Å². The molecular weight excluding hydrogens is 400 g/mol. The van der Waals surface area contributed by atoms with Crippen LogP contribution < -0.4 is 4.74 Å². The summed E-state index contributed by atoms with van der Waals surface area (Å²) in [6.07, 6.45) is 0. The smallest absolute Gasteiger partial charge is 0.237 e. The summed E-state index contributed by atoms with van der Waals surface area (Å²) in [6, 6.07) is 15.1. The van der Waals surface area contributed by atoms with Gasteiger partial charge in [0.2, 0.25) is 16.9 Å². The van der Waals surface area contributed by atoms with Gasteiger partial charge in [-0.1, -0.05) is 52.8 Å². The maximum absolute atomic E-state index is 6.01. The van der Waals surface area contributed by atoms with E-state index in [1.807, 2.05) is 36.4 Å². The quantitative estimate of drug-likeness (QED) is 0.422. The number of tetrazole rings is 1. The third-order valence-electron chi connectivity index (χ3n) is 3.87. The standard InChI is InChI=1S/C18H15ClN6O2S/c1-26-15-7-5-12(6-8-15)10-25-18(21-23-24-25)28-11-16-20-17(22-27-16)13-3-2-4-14(19)9-13/h2-9H,10-11H2,1H3. The van der Waals surface area contributed by atoms with Crippen molar-refractivity contribution >= 4 is 23.4 Å². The molecule has 142 valence electrons. The Balaban J connectivity index is 1.41. The molecule has 2 aromatic heterocycles. The minimum absolute atomic E-state index is 0.455. The summed E-state index contributed by atoms with van der Waals surface area (Å²) in [6.45, 7) is 0.553. The summed E-state index contributed by atoms with van der Waals surface area (Å²) in [7, 11) is 1.64. The molecule has 0 spiro atoms. The Kier molecular flexibility index (Phi) is 5.54. The van der Waals surface area contributed by atoms with E-state index in [4.69, 9.17) is 20.9 Å². The molecule has 4 aromatic rings. The molecule has 10 heteroatoms. The molecule has 8 nitrogen and oxygen atoms in total. The Hall–Kier alpha value is -2.91. The SMILES string of the molecule is COc1ccc(Cn2nnnc2SCc2nc(-c3cccc(Cl)c3)no2)cc1. The molecule has 0 atom stereocenters. The molecule has 0 aliphatic heterocycles. The van der Waals surface area contributed by atoms with Crippen molar-refractivity contribution in [2.45, 2.75) is 17.5 Å². The molecule has 0 aliphatic rings. The Morgan fingerprint density at radius 1 is 1.18 bits per heavy atom. The fourth-order valence-corrected chi connectivity index (χ4v) is 3.39. The van der Waals surface area contributed by atoms with Gasteiger partial charge in [-0.05, 0) is 40.3 Å². The first-order valence-electron chi connectivity index (χ1n) is 8.31. The minimum Gasteiger partial charge on any atom is -0.497 e. The number of thioether (sulfide) groups is 1. The second-order valence-electron chi connectivity index (χ2n) is 5.78. The number of benzene rings is 2. The van der Waals surface area contributed by atoms with E-state index < -0.39 is 0 Å². The lowest BCUT2D eigenvalue weighted by molar-refractivity contribution is 0.391. The van der Waals surface area contributed by atoms with Crippen LogP contribution in [0.15, 0.2) is 58.2 Å². The van der Waals surface area contributed by atoms with E-state index in [2.05, 4.69) is 25.7 Å². The van der Waals surface area contributed by atoms with Gasteiger partial charge in [-0.2, -0.15) is 4.98 Å². The van der Waals surface area contributed by atoms with Gasteiger partial charge in [-0.25, -0.2) is 4.68 Å². The predicted molar refractivity (Wildman–Crippen MR) is 104 cm³/mol. The molecule has 28 heavy (non-hydrogen) atoms. The first-order valence-corrected chi connectivity index (χ1v) is 9.68. The van der Waals surface area contributed by atoms with Crippen LogP contribution in [0.25, 0.3) is 11.4 Å². The van der Waals surface area contributed by atoms with Crippen molar-refractivity contribution in [3.8, 4) is 17.1 Å². The number of rotatable bonds is 7. The fraction of sp³-hybridized carbons (Fsp3) is 0.167. The summed E-state index contributed by atoms with van der Waals surface area (Å²) in [4.78, 5) is 4.40. The third kappa shape index (κ3) is 4.32. The molecule has 0 saturated carbocycles. The average Bonchev–Trinajstić information content (AvgIpc) is 3.36. The molecule has 0 radical (unpaired) electrons. The summed E-state index contributed by atoms with van der Waals surface area (Å²) in [5.41, 5.74) is 1.87. The highest BCUT2D eigenvalue weighted by Gasteiger charge is 2.13. The maximum Gasteiger partial charge on any atom is 0.237 e. The van der Waals surface area contributed by atoms with E-state index in [9.17, 15) is 0 Å². The van der Waals surface area contributed by atoms with Crippen molar-refractivity contribution in [2.24, 2.45) is 0 Å². The summed E-state index contributed by atoms with van der Waals surface area (Å²) >= 11 is 7.43. The van der Waals surface area contributed by atoms with Crippen LogP contribution in [0.1, 0.15) is 11.5 Å². The molecular formula is C18H15ClN6O2S. The second-order valence-corrected chi connectivity index (χ2v) is 7.16. The number of ether oxygens (including phenoxy) is 1. The predicted octanol–water partition coefficient (Wildman–Crippen LogP) is 3.73. The van der Waals surface area contributed by atoms with Crippen LogP contribution in [0, 0.1) is 0 Å². The minimum atomic E-state index is 0.455. The van der Waals surface area contributed by atoms with Gasteiger partial charge in [0.05, 0.1) is 19.4 Å². The molecule has 0 fully saturated rings. The second kappa shape index (κ2) is 8.41. The van der Waals surface area contributed by atoms with Gasteiger partial charge in [0.25, 0.3) is 0 Å². The van der Waals surface area contributed by atoms with Crippen LogP contribution >= 0.6 is 23.4 Å². The van der Waals surface area contributed by atoms with Crippen LogP contribution in [0.2, 0.25) is 5.02 Å². The first-order chi connectivity index (χ1) is 13.7. The van der Waals surface area contributed by atoms with Gasteiger partial charge in [0.1, 0.15) is 5.75 Å². The van der Waals surface area contributed by atoms with E-state index in [0.717, 1.165) is 16.9 Å². The highest BCUT2D eigenvalue weighted by Crippen LogP contribution is 2.24. The van der Waals surface area contributed by atoms with Gasteiger partial charge in [0, 0.05) is 10.6 Å². The topological polar surface area (TPSA) is 91.8 Å². The van der Waals surface area contributed by atoms with Gasteiger partial charge in [0.15, 0.2) is 0 Å². The molecule has 0 aliphatic carbocycles. The fourth-order valence-electron chi connectivity index (χ4n) is 2.49. The van der Waals surface area contributed by atoms with Crippen LogP contribution in [0.4, 0.5) is 0 Å². The van der Waals surface area contributed by atoms with Gasteiger partial charge < -0.3 is 9.26 Å². The lowest BCUT2D eigenvalue weighted by atomic mass is 10.2. The van der Waals surface area contributed by atoms with Crippen molar-refractivity contribution in [3.05, 3.63) is 65.0 Å².